The third-order valence-corrected chi connectivity index (χ3v) is 10.9. The molecule has 0 saturated heterocycles. The van der Waals surface area contributed by atoms with Crippen molar-refractivity contribution in [1.82, 2.24) is 0 Å². The zero-order valence-electron chi connectivity index (χ0n) is 31.1. The van der Waals surface area contributed by atoms with Gasteiger partial charge in [0.05, 0.1) is 37.8 Å². The van der Waals surface area contributed by atoms with Crippen LogP contribution in [0.5, 0.6) is 5.75 Å². The maximum atomic E-state index is 12.6. The van der Waals surface area contributed by atoms with E-state index in [0.29, 0.717) is 37.2 Å². The molecule has 0 fully saturated rings. The van der Waals surface area contributed by atoms with Crippen LogP contribution in [0.4, 0.5) is 11.4 Å². The van der Waals surface area contributed by atoms with Crippen LogP contribution in [0, 0.1) is 0 Å². The van der Waals surface area contributed by atoms with Gasteiger partial charge in [0, 0.05) is 65.4 Å². The summed E-state index contributed by atoms with van der Waals surface area (Å²) in [5.74, 6) is -1.27. The number of hydrogen-bond acceptors (Lipinski definition) is 11. The SMILES string of the molecule is CCOC(=O)c1ccc2c(c1)C(C)(C)/C(=C\C=CC1=[N+](CCCCS(=O)(=O)[O-])c3ccc(OC(=O)CC)cc3C1(C)C)N2CCCCS(=O)(=O)[O-].[K+]. The molecule has 0 unspecified atom stereocenters. The van der Waals surface area contributed by atoms with E-state index in [4.69, 9.17) is 9.47 Å². The van der Waals surface area contributed by atoms with Gasteiger partial charge in [-0.1, -0.05) is 26.8 Å². The van der Waals surface area contributed by atoms with Gasteiger partial charge < -0.3 is 23.5 Å². The third-order valence-electron chi connectivity index (χ3n) is 9.35. The maximum absolute atomic E-state index is 12.6. The zero-order valence-corrected chi connectivity index (χ0v) is 35.8. The Morgan fingerprint density at radius 1 is 0.865 bits per heavy atom. The molecule has 0 saturated carbocycles. The minimum Gasteiger partial charge on any atom is -0.748 e. The van der Waals surface area contributed by atoms with Crippen molar-refractivity contribution in [2.24, 2.45) is 0 Å². The number of hydrogen-bond donors (Lipinski definition) is 0. The summed E-state index contributed by atoms with van der Waals surface area (Å²) in [5, 5.41) is 0. The number of carbonyl (C=O) groups excluding carboxylic acids is 2. The smallest absolute Gasteiger partial charge is 0.748 e. The number of rotatable bonds is 16. The Labute approximate surface area is 350 Å². The minimum absolute atomic E-state index is 0. The quantitative estimate of drug-likeness (QED) is 0.0612. The normalized spacial score (nSPS) is 16.9. The first-order valence-corrected chi connectivity index (χ1v) is 20.3. The van der Waals surface area contributed by atoms with Gasteiger partial charge in [-0.05, 0) is 82.0 Å². The molecule has 52 heavy (non-hydrogen) atoms. The van der Waals surface area contributed by atoms with E-state index in [1.54, 1.807) is 26.0 Å². The molecular formula is C37H47KN2O10S2. The number of ether oxygens (including phenoxy) is 2. The van der Waals surface area contributed by atoms with E-state index in [0.717, 1.165) is 33.9 Å². The number of unbranched alkanes of at least 4 members (excludes halogenated alkanes) is 2. The van der Waals surface area contributed by atoms with Gasteiger partial charge in [0.1, 0.15) is 12.3 Å². The van der Waals surface area contributed by atoms with Crippen molar-refractivity contribution >= 4 is 49.3 Å². The van der Waals surface area contributed by atoms with Crippen molar-refractivity contribution in [2.45, 2.75) is 84.5 Å². The van der Waals surface area contributed by atoms with Crippen molar-refractivity contribution in [3.63, 3.8) is 0 Å². The monoisotopic (exact) mass is 782 g/mol. The van der Waals surface area contributed by atoms with Crippen LogP contribution in [0.3, 0.4) is 0 Å². The topological polar surface area (TPSA) is 173 Å². The van der Waals surface area contributed by atoms with Crippen LogP contribution in [0.25, 0.3) is 0 Å². The molecule has 0 amide bonds. The predicted molar refractivity (Wildman–Crippen MR) is 193 cm³/mol. The molecule has 0 aliphatic carbocycles. The molecular weight excluding hydrogens is 736 g/mol. The molecule has 2 heterocycles. The molecule has 278 valence electrons. The van der Waals surface area contributed by atoms with Gasteiger partial charge in [0.2, 0.25) is 5.69 Å². The van der Waals surface area contributed by atoms with Crippen LogP contribution >= 0.6 is 0 Å². The number of anilines is 1. The van der Waals surface area contributed by atoms with Crippen LogP contribution < -0.4 is 61.0 Å². The third kappa shape index (κ3) is 10.7. The van der Waals surface area contributed by atoms with Crippen LogP contribution in [0.15, 0.2) is 60.3 Å². The summed E-state index contributed by atoms with van der Waals surface area (Å²) in [6.07, 6.45) is 7.41. The molecule has 15 heteroatoms. The van der Waals surface area contributed by atoms with Crippen LogP contribution in [0.2, 0.25) is 0 Å². The average molecular weight is 783 g/mol. The molecule has 2 aromatic carbocycles. The Morgan fingerprint density at radius 3 is 2.13 bits per heavy atom. The van der Waals surface area contributed by atoms with Crippen molar-refractivity contribution in [3.8, 4) is 5.75 Å². The Kier molecular flexibility index (Phi) is 15.3. The van der Waals surface area contributed by atoms with E-state index in [1.165, 1.54) is 0 Å². The Balaban J connectivity index is 0.00000729. The molecule has 2 aromatic rings. The standard InChI is InChI=1S/C37H48N2O10S2.K/c1-7-34(40)49-27-17-19-31-29(25-27)37(5,6)33(39(31)21-10-12-23-51(45,46)47)15-13-14-32-36(3,4)28-24-26(35(41)48-8-2)16-18-30(28)38(32)20-9-11-22-50(42,43)44;/h13-19,24-25H,7-12,20-23H2,1-6H3,(H-,42,43,44,45,46,47);/q;+1/p-1. The number of benzene rings is 2. The van der Waals surface area contributed by atoms with E-state index in [-0.39, 0.29) is 83.2 Å². The van der Waals surface area contributed by atoms with Crippen molar-refractivity contribution in [1.29, 1.82) is 0 Å². The average Bonchev–Trinajstić information content (AvgIpc) is 3.38. The summed E-state index contributed by atoms with van der Waals surface area (Å²) in [5.41, 5.74) is 4.65. The van der Waals surface area contributed by atoms with E-state index in [1.807, 2.05) is 56.3 Å². The van der Waals surface area contributed by atoms with Crippen LogP contribution in [-0.4, -0.2) is 79.4 Å². The van der Waals surface area contributed by atoms with Crippen LogP contribution in [-0.2, 0) is 40.6 Å². The Morgan fingerprint density at radius 2 is 1.52 bits per heavy atom. The van der Waals surface area contributed by atoms with Gasteiger partial charge in [-0.15, -0.1) is 0 Å². The van der Waals surface area contributed by atoms with Gasteiger partial charge in [-0.25, -0.2) is 21.6 Å². The van der Waals surface area contributed by atoms with E-state index in [2.05, 4.69) is 23.3 Å². The summed E-state index contributed by atoms with van der Waals surface area (Å²) in [6.45, 7) is 12.8. The van der Waals surface area contributed by atoms with Crippen LogP contribution in [0.1, 0.15) is 95.1 Å². The van der Waals surface area contributed by atoms with E-state index < -0.39 is 48.5 Å². The molecule has 0 atom stereocenters. The van der Waals surface area contributed by atoms with E-state index >= 15 is 0 Å². The Hall–Kier alpha value is -2.21. The van der Waals surface area contributed by atoms with Crippen molar-refractivity contribution in [2.75, 3.05) is 36.1 Å². The number of allylic oxidation sites excluding steroid dienone is 4. The molecule has 4 rings (SSSR count). The summed E-state index contributed by atoms with van der Waals surface area (Å²) in [4.78, 5) is 26.8. The van der Waals surface area contributed by atoms with Gasteiger partial charge in [-0.3, -0.25) is 4.79 Å². The van der Waals surface area contributed by atoms with Gasteiger partial charge in [-0.2, -0.15) is 4.58 Å². The molecule has 2 aliphatic heterocycles. The summed E-state index contributed by atoms with van der Waals surface area (Å²) in [7, 11) is -8.70. The Bertz CT molecular complexity index is 1980. The van der Waals surface area contributed by atoms with Gasteiger partial charge in [0.25, 0.3) is 0 Å². The molecule has 2 aliphatic rings. The molecule has 0 spiro atoms. The molecule has 0 aromatic heterocycles. The zero-order chi connectivity index (χ0) is 37.8. The predicted octanol–water partition coefficient (Wildman–Crippen LogP) is 2.45. The van der Waals surface area contributed by atoms with Gasteiger partial charge >= 0.3 is 63.3 Å². The molecule has 0 bridgehead atoms. The first-order valence-electron chi connectivity index (χ1n) is 17.2. The second kappa shape index (κ2) is 17.9. The molecule has 0 radical (unpaired) electrons. The summed E-state index contributed by atoms with van der Waals surface area (Å²) < 4.78 is 80.5. The minimum atomic E-state index is -4.35. The number of esters is 2. The maximum Gasteiger partial charge on any atom is 1.00 e. The first kappa shape index (κ1) is 44.2. The fraction of sp³-hybridized carbons (Fsp3) is 0.486. The number of carbonyl (C=O) groups is 2. The fourth-order valence-electron chi connectivity index (χ4n) is 6.75. The number of nitrogens with zero attached hydrogens (tertiary/aromatic N) is 2. The largest absolute Gasteiger partial charge is 1.00 e. The number of fused-ring (bicyclic) bond motifs is 2. The summed E-state index contributed by atoms with van der Waals surface area (Å²) in [6, 6.07) is 10.8. The fourth-order valence-corrected chi connectivity index (χ4v) is 7.86. The molecule has 0 N–H and O–H groups in total. The van der Waals surface area contributed by atoms with Gasteiger partial charge in [0.15, 0.2) is 5.71 Å². The second-order valence-electron chi connectivity index (χ2n) is 13.7. The molecule has 12 nitrogen and oxygen atoms in total. The first-order chi connectivity index (χ1) is 23.8. The summed E-state index contributed by atoms with van der Waals surface area (Å²) >= 11 is 0. The van der Waals surface area contributed by atoms with E-state index in [9.17, 15) is 35.5 Å². The van der Waals surface area contributed by atoms with Crippen molar-refractivity contribution in [3.05, 3.63) is 77.0 Å². The van der Waals surface area contributed by atoms with Crippen molar-refractivity contribution < 1.29 is 101 Å². The second-order valence-corrected chi connectivity index (χ2v) is 16.8.